The van der Waals surface area contributed by atoms with Crippen LogP contribution in [-0.4, -0.2) is 70.5 Å². The molecule has 43 heavy (non-hydrogen) atoms. The first-order valence-corrected chi connectivity index (χ1v) is 14.9. The zero-order valence-electron chi connectivity index (χ0n) is 26.0. The molecule has 2 N–H and O–H groups in total. The number of esters is 2. The zero-order valence-corrected chi connectivity index (χ0v) is 26.0. The molecule has 1 heterocycles. The predicted molar refractivity (Wildman–Crippen MR) is 153 cm³/mol. The Labute approximate surface area is 251 Å². The lowest BCUT2D eigenvalue weighted by Crippen LogP contribution is -2.43. The van der Waals surface area contributed by atoms with Crippen molar-refractivity contribution in [2.24, 2.45) is 35.0 Å². The molecule has 234 valence electrons. The van der Waals surface area contributed by atoms with Gasteiger partial charge in [0.15, 0.2) is 11.4 Å². The van der Waals surface area contributed by atoms with Crippen LogP contribution < -0.4 is 4.74 Å². The highest BCUT2D eigenvalue weighted by Crippen LogP contribution is 2.69. The Bertz CT molecular complexity index is 1360. The third-order valence-electron chi connectivity index (χ3n) is 10.6. The normalized spacial score (nSPS) is 39.9. The van der Waals surface area contributed by atoms with E-state index in [0.717, 1.165) is 0 Å². The Morgan fingerprint density at radius 2 is 1.56 bits per heavy atom. The van der Waals surface area contributed by atoms with E-state index in [9.17, 15) is 29.4 Å². The summed E-state index contributed by atoms with van der Waals surface area (Å²) < 4.78 is 23.5. The number of aliphatic hydroxyl groups is 1. The van der Waals surface area contributed by atoms with Gasteiger partial charge in [0.2, 0.25) is 0 Å². The summed E-state index contributed by atoms with van der Waals surface area (Å²) in [5.41, 5.74) is -2.32. The van der Waals surface area contributed by atoms with Gasteiger partial charge >= 0.3 is 17.9 Å². The van der Waals surface area contributed by atoms with Gasteiger partial charge in [-0.2, -0.15) is 0 Å². The topological polar surface area (TPSA) is 149 Å². The SMILES string of the molecule is COc1ccc(C(C(=O)O)C2C(C)=CC34OC3(CC(C)C4O)C(=O)C(C)C(OC(C)=O)C3C(C2OC(C)=O)C3(C)C)cc1. The van der Waals surface area contributed by atoms with Crippen LogP contribution in [0.4, 0.5) is 0 Å². The number of Topliss-reactive ketones (excluding diaryl/α,β-unsaturated/α-hetero) is 1. The van der Waals surface area contributed by atoms with E-state index in [1.165, 1.54) is 21.0 Å². The minimum Gasteiger partial charge on any atom is -0.497 e. The number of carboxylic acid groups (broad SMARTS) is 1. The number of hydrogen-bond acceptors (Lipinski definition) is 9. The fourth-order valence-electron chi connectivity index (χ4n) is 8.52. The van der Waals surface area contributed by atoms with Crippen molar-refractivity contribution in [1.29, 1.82) is 0 Å². The van der Waals surface area contributed by atoms with E-state index in [4.69, 9.17) is 18.9 Å². The van der Waals surface area contributed by atoms with Crippen molar-refractivity contribution in [3.63, 3.8) is 0 Å². The van der Waals surface area contributed by atoms with Crippen molar-refractivity contribution >= 4 is 23.7 Å². The number of carbonyl (C=O) groups excluding carboxylic acids is 3. The van der Waals surface area contributed by atoms with Crippen LogP contribution >= 0.6 is 0 Å². The largest absolute Gasteiger partial charge is 0.497 e. The molecule has 5 rings (SSSR count). The summed E-state index contributed by atoms with van der Waals surface area (Å²) in [5.74, 6) is -6.02. The summed E-state index contributed by atoms with van der Waals surface area (Å²) >= 11 is 0. The maximum Gasteiger partial charge on any atom is 0.311 e. The molecular weight excluding hydrogens is 556 g/mol. The van der Waals surface area contributed by atoms with E-state index in [2.05, 4.69) is 0 Å². The number of aliphatic carboxylic acids is 1. The quantitative estimate of drug-likeness (QED) is 0.282. The molecule has 1 aromatic rings. The van der Waals surface area contributed by atoms with Crippen LogP contribution in [-0.2, 0) is 33.4 Å². The van der Waals surface area contributed by atoms with Crippen LogP contribution in [0.15, 0.2) is 35.9 Å². The highest BCUT2D eigenvalue weighted by molar-refractivity contribution is 5.96. The summed E-state index contributed by atoms with van der Waals surface area (Å²) in [5, 5.41) is 22.2. The second kappa shape index (κ2) is 10.4. The average molecular weight is 599 g/mol. The molecule has 0 radical (unpaired) electrons. The van der Waals surface area contributed by atoms with Gasteiger partial charge in [0.05, 0.1) is 25.0 Å². The van der Waals surface area contributed by atoms with Crippen molar-refractivity contribution in [3.05, 3.63) is 41.5 Å². The summed E-state index contributed by atoms with van der Waals surface area (Å²) in [6, 6.07) is 6.69. The summed E-state index contributed by atoms with van der Waals surface area (Å²) in [4.78, 5) is 52.6. The lowest BCUT2D eigenvalue weighted by atomic mass is 9.74. The van der Waals surface area contributed by atoms with Gasteiger partial charge < -0.3 is 29.2 Å². The lowest BCUT2D eigenvalue weighted by molar-refractivity contribution is -0.158. The van der Waals surface area contributed by atoms with Crippen LogP contribution in [0.2, 0.25) is 0 Å². The Morgan fingerprint density at radius 1 is 1.00 bits per heavy atom. The van der Waals surface area contributed by atoms with Gasteiger partial charge in [-0.25, -0.2) is 0 Å². The number of carbonyl (C=O) groups is 4. The van der Waals surface area contributed by atoms with Crippen molar-refractivity contribution < 1.29 is 48.3 Å². The van der Waals surface area contributed by atoms with Gasteiger partial charge in [-0.15, -0.1) is 0 Å². The summed E-state index contributed by atoms with van der Waals surface area (Å²) in [6.07, 6.45) is -0.908. The molecule has 2 saturated carbocycles. The molecule has 1 saturated heterocycles. The van der Waals surface area contributed by atoms with Gasteiger partial charge in [0.25, 0.3) is 0 Å². The van der Waals surface area contributed by atoms with E-state index < -0.39 is 82.4 Å². The number of benzene rings is 1. The summed E-state index contributed by atoms with van der Waals surface area (Å²) in [6.45, 7) is 11.8. The number of methoxy groups -OCH3 is 1. The number of carboxylic acids is 1. The first-order valence-electron chi connectivity index (χ1n) is 14.9. The molecule has 0 spiro atoms. The Kier molecular flexibility index (Phi) is 7.57. The second-order valence-electron chi connectivity index (χ2n) is 13.5. The first-order chi connectivity index (χ1) is 20.0. The van der Waals surface area contributed by atoms with E-state index in [1.54, 1.807) is 44.2 Å². The Hall–Kier alpha value is -3.24. The van der Waals surface area contributed by atoms with E-state index in [1.807, 2.05) is 20.8 Å². The fourth-order valence-corrected chi connectivity index (χ4v) is 8.52. The molecule has 11 unspecified atom stereocenters. The Balaban J connectivity index is 1.77. The van der Waals surface area contributed by atoms with Crippen molar-refractivity contribution in [2.75, 3.05) is 7.11 Å². The molecule has 10 heteroatoms. The Morgan fingerprint density at radius 3 is 2.09 bits per heavy atom. The van der Waals surface area contributed by atoms with Crippen LogP contribution in [0.1, 0.15) is 66.4 Å². The number of hydrogen-bond donors (Lipinski definition) is 2. The lowest BCUT2D eigenvalue weighted by Gasteiger charge is -2.34. The molecule has 0 aromatic heterocycles. The van der Waals surface area contributed by atoms with E-state index in [-0.39, 0.29) is 18.1 Å². The molecule has 0 amide bonds. The highest BCUT2D eigenvalue weighted by Gasteiger charge is 2.82. The molecule has 1 aliphatic heterocycles. The molecule has 3 aliphatic carbocycles. The van der Waals surface area contributed by atoms with Crippen LogP contribution in [0, 0.1) is 35.0 Å². The van der Waals surface area contributed by atoms with E-state index >= 15 is 0 Å². The molecule has 1 aromatic carbocycles. The number of aliphatic hydroxyl groups excluding tert-OH is 1. The van der Waals surface area contributed by atoms with Gasteiger partial charge in [0, 0.05) is 31.6 Å². The predicted octanol–water partition coefficient (Wildman–Crippen LogP) is 3.69. The second-order valence-corrected chi connectivity index (χ2v) is 13.5. The number of rotatable bonds is 6. The minimum absolute atomic E-state index is 0.264. The van der Waals surface area contributed by atoms with E-state index in [0.29, 0.717) is 16.9 Å². The van der Waals surface area contributed by atoms with Gasteiger partial charge in [0.1, 0.15) is 23.6 Å². The number of fused-ring (bicyclic) bond motifs is 1. The maximum atomic E-state index is 14.3. The van der Waals surface area contributed by atoms with Crippen LogP contribution in [0.25, 0.3) is 0 Å². The number of epoxide rings is 1. The number of ether oxygens (including phenoxy) is 4. The molecule has 0 bridgehead atoms. The molecule has 3 fully saturated rings. The minimum atomic E-state index is -1.38. The highest BCUT2D eigenvalue weighted by atomic mass is 16.7. The van der Waals surface area contributed by atoms with Crippen LogP contribution in [0.3, 0.4) is 0 Å². The van der Waals surface area contributed by atoms with Crippen molar-refractivity contribution in [1.82, 2.24) is 0 Å². The maximum absolute atomic E-state index is 14.3. The smallest absolute Gasteiger partial charge is 0.311 e. The third-order valence-corrected chi connectivity index (χ3v) is 10.6. The van der Waals surface area contributed by atoms with Gasteiger partial charge in [-0.05, 0) is 48.4 Å². The zero-order chi connectivity index (χ0) is 31.8. The summed E-state index contributed by atoms with van der Waals surface area (Å²) in [7, 11) is 1.52. The molecule has 10 nitrogen and oxygen atoms in total. The molecule has 4 aliphatic rings. The number of ketones is 1. The van der Waals surface area contributed by atoms with Crippen molar-refractivity contribution in [3.8, 4) is 5.75 Å². The van der Waals surface area contributed by atoms with Crippen LogP contribution in [0.5, 0.6) is 5.75 Å². The monoisotopic (exact) mass is 598 g/mol. The third kappa shape index (κ3) is 4.68. The van der Waals surface area contributed by atoms with Gasteiger partial charge in [-0.1, -0.05) is 45.4 Å². The standard InChI is InChI=1S/C33H42O10/c1-15-13-32-28(36)16(2)14-33(32,43-32)29(37)17(3)26(41-18(4)34)24-25(31(24,6)7)27(42-19(5)35)22(15)23(30(38)39)20-9-11-21(40-8)12-10-20/h9-13,16-17,22-28,36H,14H2,1-8H3,(H,38,39). The molecule has 11 atom stereocenters. The molecular formula is C33H42O10. The fraction of sp³-hybridized carbons (Fsp3) is 0.636. The first kappa shape index (κ1) is 31.2. The van der Waals surface area contributed by atoms with Gasteiger partial charge in [-0.3, -0.25) is 19.2 Å². The van der Waals surface area contributed by atoms with Crippen molar-refractivity contribution in [2.45, 2.75) is 90.3 Å². The average Bonchev–Trinajstić information content (AvgIpc) is 3.72.